The largest absolute Gasteiger partial charge is 0.486 e. The Balaban J connectivity index is 1.55. The molecule has 6 heteroatoms. The molecule has 0 saturated heterocycles. The fourth-order valence-electron chi connectivity index (χ4n) is 4.48. The van der Waals surface area contributed by atoms with Gasteiger partial charge >= 0.3 is 0 Å². The average molecular weight is 501 g/mol. The minimum atomic E-state index is -0.604. The van der Waals surface area contributed by atoms with E-state index in [0.717, 1.165) is 41.0 Å². The second-order valence-electron chi connectivity index (χ2n) is 9.34. The second kappa shape index (κ2) is 13.5. The van der Waals surface area contributed by atoms with Crippen molar-refractivity contribution < 1.29 is 19.1 Å². The maximum absolute atomic E-state index is 13.8. The molecule has 194 valence electrons. The molecule has 0 bridgehead atoms. The summed E-state index contributed by atoms with van der Waals surface area (Å²) in [4.78, 5) is 29.0. The highest BCUT2D eigenvalue weighted by Gasteiger charge is 2.30. The van der Waals surface area contributed by atoms with Crippen molar-refractivity contribution in [2.45, 2.75) is 51.6 Å². The number of rotatable bonds is 12. The highest BCUT2D eigenvalue weighted by atomic mass is 16.6. The lowest BCUT2D eigenvalue weighted by molar-refractivity contribution is -0.141. The normalized spacial score (nSPS) is 13.0. The van der Waals surface area contributed by atoms with Gasteiger partial charge in [-0.05, 0) is 41.7 Å². The Morgan fingerprint density at radius 1 is 0.865 bits per heavy atom. The van der Waals surface area contributed by atoms with E-state index in [1.54, 1.807) is 4.90 Å². The topological polar surface area (TPSA) is 67.9 Å². The molecule has 1 aliphatic heterocycles. The van der Waals surface area contributed by atoms with Gasteiger partial charge in [0.2, 0.25) is 11.8 Å². The summed E-state index contributed by atoms with van der Waals surface area (Å²) in [7, 11) is 0. The summed E-state index contributed by atoms with van der Waals surface area (Å²) in [5, 5.41) is 3.07. The summed E-state index contributed by atoms with van der Waals surface area (Å²) in [6.45, 7) is 4.14. The Kier molecular flexibility index (Phi) is 9.58. The van der Waals surface area contributed by atoms with E-state index in [0.29, 0.717) is 45.6 Å². The van der Waals surface area contributed by atoms with E-state index >= 15 is 0 Å². The van der Waals surface area contributed by atoms with Gasteiger partial charge in [0.05, 0.1) is 0 Å². The summed E-state index contributed by atoms with van der Waals surface area (Å²) >= 11 is 0. The molecule has 37 heavy (non-hydrogen) atoms. The van der Waals surface area contributed by atoms with Crippen LogP contribution in [0.5, 0.6) is 11.5 Å². The molecule has 2 amide bonds. The summed E-state index contributed by atoms with van der Waals surface area (Å²) in [6.07, 6.45) is 3.20. The van der Waals surface area contributed by atoms with Gasteiger partial charge in [-0.2, -0.15) is 0 Å². The van der Waals surface area contributed by atoms with Crippen molar-refractivity contribution in [3.8, 4) is 11.5 Å². The molecule has 1 aliphatic rings. The number of nitrogens with one attached hydrogen (secondary N) is 1. The Labute approximate surface area is 219 Å². The highest BCUT2D eigenvalue weighted by molar-refractivity contribution is 5.88. The molecule has 0 aliphatic carbocycles. The van der Waals surface area contributed by atoms with Gasteiger partial charge in [-0.25, -0.2) is 0 Å². The van der Waals surface area contributed by atoms with Crippen LogP contribution in [-0.2, 0) is 29.0 Å². The van der Waals surface area contributed by atoms with Crippen LogP contribution < -0.4 is 14.8 Å². The van der Waals surface area contributed by atoms with Crippen LogP contribution in [0.2, 0.25) is 0 Å². The maximum Gasteiger partial charge on any atom is 0.243 e. The van der Waals surface area contributed by atoms with Gasteiger partial charge in [-0.3, -0.25) is 9.59 Å². The molecule has 1 unspecified atom stereocenters. The van der Waals surface area contributed by atoms with Gasteiger partial charge in [-0.1, -0.05) is 80.1 Å². The lowest BCUT2D eigenvalue weighted by atomic mass is 10.0. The van der Waals surface area contributed by atoms with Crippen LogP contribution in [0.15, 0.2) is 78.9 Å². The molecule has 0 aromatic heterocycles. The van der Waals surface area contributed by atoms with Crippen molar-refractivity contribution in [2.75, 3.05) is 19.8 Å². The number of nitrogens with zero attached hydrogens (tertiary/aromatic N) is 1. The van der Waals surface area contributed by atoms with Crippen molar-refractivity contribution in [3.63, 3.8) is 0 Å². The lowest BCUT2D eigenvalue weighted by Crippen LogP contribution is -2.50. The zero-order valence-corrected chi connectivity index (χ0v) is 21.5. The van der Waals surface area contributed by atoms with Gasteiger partial charge in [0.15, 0.2) is 11.5 Å². The van der Waals surface area contributed by atoms with Crippen LogP contribution in [-0.4, -0.2) is 42.5 Å². The van der Waals surface area contributed by atoms with Gasteiger partial charge < -0.3 is 19.7 Å². The summed E-state index contributed by atoms with van der Waals surface area (Å²) in [6, 6.07) is 25.0. The van der Waals surface area contributed by atoms with Crippen LogP contribution in [0.3, 0.4) is 0 Å². The van der Waals surface area contributed by atoms with E-state index in [1.165, 1.54) is 0 Å². The van der Waals surface area contributed by atoms with E-state index in [-0.39, 0.29) is 11.8 Å². The van der Waals surface area contributed by atoms with Crippen LogP contribution in [0.25, 0.3) is 0 Å². The number of ether oxygens (including phenoxy) is 2. The molecule has 0 spiro atoms. The van der Waals surface area contributed by atoms with E-state index in [9.17, 15) is 9.59 Å². The molecule has 0 saturated carbocycles. The number of hydrogen-bond acceptors (Lipinski definition) is 4. The monoisotopic (exact) mass is 500 g/mol. The molecule has 3 aromatic rings. The second-order valence-corrected chi connectivity index (χ2v) is 9.34. The maximum atomic E-state index is 13.8. The number of carbonyl (C=O) groups excluding carboxylic acids is 2. The number of amides is 2. The SMILES string of the molecule is CCCCNC(=O)C(Cc1ccccc1)N(Cc1ccccc1)C(=O)CCc1ccc2c(c1)OCCO2. The third kappa shape index (κ3) is 7.59. The van der Waals surface area contributed by atoms with Gasteiger partial charge in [0.1, 0.15) is 19.3 Å². The third-order valence-electron chi connectivity index (χ3n) is 6.53. The Morgan fingerprint density at radius 3 is 2.24 bits per heavy atom. The standard InChI is InChI=1S/C31H36N2O4/c1-2-3-18-32-31(35)27(21-24-10-6-4-7-11-24)33(23-26-12-8-5-9-13-26)30(34)17-15-25-14-16-28-29(22-25)37-20-19-36-28/h4-14,16,22,27H,2-3,15,17-21,23H2,1H3,(H,32,35). The smallest absolute Gasteiger partial charge is 0.243 e. The number of unbranched alkanes of at least 4 members (excludes halogenated alkanes) is 1. The highest BCUT2D eigenvalue weighted by Crippen LogP contribution is 2.31. The van der Waals surface area contributed by atoms with Crippen molar-refractivity contribution in [2.24, 2.45) is 0 Å². The molecule has 0 radical (unpaired) electrons. The lowest BCUT2D eigenvalue weighted by Gasteiger charge is -2.32. The Morgan fingerprint density at radius 2 is 1.54 bits per heavy atom. The predicted molar refractivity (Wildman–Crippen MR) is 145 cm³/mol. The van der Waals surface area contributed by atoms with Crippen molar-refractivity contribution in [1.82, 2.24) is 10.2 Å². The number of benzene rings is 3. The molecule has 4 rings (SSSR count). The Hall–Kier alpha value is -3.80. The first-order valence-corrected chi connectivity index (χ1v) is 13.2. The van der Waals surface area contributed by atoms with Gasteiger partial charge in [0, 0.05) is 25.9 Å². The first kappa shape index (κ1) is 26.3. The summed E-state index contributed by atoms with van der Waals surface area (Å²) < 4.78 is 11.3. The molecule has 6 nitrogen and oxygen atoms in total. The van der Waals surface area contributed by atoms with Crippen molar-refractivity contribution in [1.29, 1.82) is 0 Å². The van der Waals surface area contributed by atoms with Crippen molar-refractivity contribution in [3.05, 3.63) is 95.6 Å². The van der Waals surface area contributed by atoms with E-state index in [2.05, 4.69) is 12.2 Å². The van der Waals surface area contributed by atoms with E-state index < -0.39 is 6.04 Å². The van der Waals surface area contributed by atoms with Gasteiger partial charge in [0.25, 0.3) is 0 Å². The van der Waals surface area contributed by atoms with Crippen LogP contribution in [0.4, 0.5) is 0 Å². The first-order valence-electron chi connectivity index (χ1n) is 13.2. The van der Waals surface area contributed by atoms with E-state index in [4.69, 9.17) is 9.47 Å². The number of fused-ring (bicyclic) bond motifs is 1. The molecule has 3 aromatic carbocycles. The number of aryl methyl sites for hydroxylation is 1. The minimum Gasteiger partial charge on any atom is -0.486 e. The molecule has 1 atom stereocenters. The quantitative estimate of drug-likeness (QED) is 0.358. The number of hydrogen-bond donors (Lipinski definition) is 1. The van der Waals surface area contributed by atoms with Gasteiger partial charge in [-0.15, -0.1) is 0 Å². The minimum absolute atomic E-state index is 0.0506. The zero-order chi connectivity index (χ0) is 25.9. The molecule has 0 fully saturated rings. The first-order chi connectivity index (χ1) is 18.1. The summed E-state index contributed by atoms with van der Waals surface area (Å²) in [5.74, 6) is 1.29. The predicted octanol–water partition coefficient (Wildman–Crippen LogP) is 4.95. The Bertz CT molecular complexity index is 1150. The fraction of sp³-hybridized carbons (Fsp3) is 0.355. The van der Waals surface area contributed by atoms with Crippen LogP contribution >= 0.6 is 0 Å². The molecular weight excluding hydrogens is 464 g/mol. The van der Waals surface area contributed by atoms with Crippen molar-refractivity contribution >= 4 is 11.8 Å². The average Bonchev–Trinajstić information content (AvgIpc) is 2.94. The van der Waals surface area contributed by atoms with E-state index in [1.807, 2.05) is 78.9 Å². The third-order valence-corrected chi connectivity index (χ3v) is 6.53. The fourth-order valence-corrected chi connectivity index (χ4v) is 4.48. The summed E-state index contributed by atoms with van der Waals surface area (Å²) in [5.41, 5.74) is 3.02. The molecule has 1 N–H and O–H groups in total. The molecule has 1 heterocycles. The molecular formula is C31H36N2O4. The number of carbonyl (C=O) groups is 2. The zero-order valence-electron chi connectivity index (χ0n) is 21.5. The van der Waals surface area contributed by atoms with Crippen LogP contribution in [0, 0.1) is 0 Å². The van der Waals surface area contributed by atoms with Crippen LogP contribution in [0.1, 0.15) is 42.9 Å².